The molecule has 0 radical (unpaired) electrons. The Morgan fingerprint density at radius 2 is 1.86 bits per heavy atom. The highest BCUT2D eigenvalue weighted by atomic mass is 32.2. The third-order valence-corrected chi connectivity index (χ3v) is 3.45. The first-order chi connectivity index (χ1) is 9.33. The van der Waals surface area contributed by atoms with Gasteiger partial charge in [0.2, 0.25) is 10.0 Å². The largest absolute Gasteiger partial charge is 0.406 e. The summed E-state index contributed by atoms with van der Waals surface area (Å²) in [6.07, 6.45) is -4.61. The highest BCUT2D eigenvalue weighted by Gasteiger charge is 2.32. The van der Waals surface area contributed by atoms with Gasteiger partial charge in [0.25, 0.3) is 5.91 Å². The monoisotopic (exact) mass is 328 g/mol. The molecule has 0 aliphatic rings. The van der Waals surface area contributed by atoms with E-state index in [0.29, 0.717) is 11.0 Å². The van der Waals surface area contributed by atoms with E-state index in [-0.39, 0.29) is 5.56 Å². The average molecular weight is 328 g/mol. The Kier molecular flexibility index (Phi) is 4.63. The maximum atomic E-state index is 13.6. The van der Waals surface area contributed by atoms with Gasteiger partial charge in [0.15, 0.2) is 0 Å². The maximum absolute atomic E-state index is 13.6. The van der Waals surface area contributed by atoms with Crippen LogP contribution in [0.25, 0.3) is 0 Å². The summed E-state index contributed by atoms with van der Waals surface area (Å²) in [5.74, 6) is -2.24. The SMILES string of the molecule is Cc1cc(C(=O)N(C)CC(F)(F)F)cc(S(N)(=O)=O)c1F. The van der Waals surface area contributed by atoms with Gasteiger partial charge in [0, 0.05) is 12.6 Å². The summed E-state index contributed by atoms with van der Waals surface area (Å²) in [6, 6.07) is 1.58. The van der Waals surface area contributed by atoms with E-state index in [0.717, 1.165) is 13.1 Å². The topological polar surface area (TPSA) is 80.5 Å². The second-order valence-corrected chi connectivity index (χ2v) is 5.96. The first kappa shape index (κ1) is 17.4. The first-order valence-electron chi connectivity index (χ1n) is 5.48. The van der Waals surface area contributed by atoms with E-state index in [1.54, 1.807) is 0 Å². The van der Waals surface area contributed by atoms with Crippen molar-refractivity contribution in [2.45, 2.75) is 18.0 Å². The van der Waals surface area contributed by atoms with Crippen molar-refractivity contribution in [2.75, 3.05) is 13.6 Å². The lowest BCUT2D eigenvalue weighted by Crippen LogP contribution is -2.36. The third-order valence-electron chi connectivity index (χ3n) is 2.54. The molecule has 1 aromatic carbocycles. The zero-order valence-electron chi connectivity index (χ0n) is 11.0. The van der Waals surface area contributed by atoms with Crippen LogP contribution < -0.4 is 5.14 Å². The van der Waals surface area contributed by atoms with Crippen molar-refractivity contribution in [3.63, 3.8) is 0 Å². The van der Waals surface area contributed by atoms with Gasteiger partial charge in [0.05, 0.1) is 0 Å². The van der Waals surface area contributed by atoms with Crippen molar-refractivity contribution >= 4 is 15.9 Å². The van der Waals surface area contributed by atoms with E-state index >= 15 is 0 Å². The van der Waals surface area contributed by atoms with Gasteiger partial charge < -0.3 is 4.90 Å². The van der Waals surface area contributed by atoms with E-state index in [2.05, 4.69) is 0 Å². The average Bonchev–Trinajstić information content (AvgIpc) is 2.27. The minimum atomic E-state index is -4.61. The van der Waals surface area contributed by atoms with Gasteiger partial charge in [-0.25, -0.2) is 17.9 Å². The molecule has 0 fully saturated rings. The molecule has 0 atom stereocenters. The summed E-state index contributed by atoms with van der Waals surface area (Å²) >= 11 is 0. The zero-order valence-corrected chi connectivity index (χ0v) is 11.8. The van der Waals surface area contributed by atoms with Gasteiger partial charge >= 0.3 is 6.18 Å². The van der Waals surface area contributed by atoms with Gasteiger partial charge in [-0.2, -0.15) is 13.2 Å². The predicted octanol–water partition coefficient (Wildman–Crippen LogP) is 1.42. The Hall–Kier alpha value is -1.68. The van der Waals surface area contributed by atoms with Gasteiger partial charge in [-0.15, -0.1) is 0 Å². The molecule has 0 spiro atoms. The van der Waals surface area contributed by atoms with Crippen LogP contribution in [0.5, 0.6) is 0 Å². The van der Waals surface area contributed by atoms with E-state index in [1.165, 1.54) is 6.92 Å². The molecule has 1 rings (SSSR count). The molecule has 21 heavy (non-hydrogen) atoms. The lowest BCUT2D eigenvalue weighted by Gasteiger charge is -2.19. The number of aryl methyl sites for hydroxylation is 1. The number of alkyl halides is 3. The zero-order chi connectivity index (χ0) is 16.6. The van der Waals surface area contributed by atoms with Crippen molar-refractivity contribution in [2.24, 2.45) is 5.14 Å². The number of benzene rings is 1. The van der Waals surface area contributed by atoms with Crippen molar-refractivity contribution < 1.29 is 30.8 Å². The van der Waals surface area contributed by atoms with E-state index in [1.807, 2.05) is 0 Å². The summed E-state index contributed by atoms with van der Waals surface area (Å²) in [5.41, 5.74) is -0.616. The van der Waals surface area contributed by atoms with Crippen LogP contribution in [0.1, 0.15) is 15.9 Å². The fourth-order valence-corrected chi connectivity index (χ4v) is 2.33. The summed E-state index contributed by atoms with van der Waals surface area (Å²) in [6.45, 7) is -0.350. The smallest absolute Gasteiger partial charge is 0.333 e. The van der Waals surface area contributed by atoms with Crippen LogP contribution in [0, 0.1) is 12.7 Å². The molecule has 1 aromatic rings. The highest BCUT2D eigenvalue weighted by molar-refractivity contribution is 7.89. The molecule has 118 valence electrons. The number of carbonyl (C=O) groups excluding carboxylic acids is 1. The molecule has 2 N–H and O–H groups in total. The Balaban J connectivity index is 3.27. The van der Waals surface area contributed by atoms with Crippen LogP contribution in [-0.2, 0) is 10.0 Å². The normalized spacial score (nSPS) is 12.3. The van der Waals surface area contributed by atoms with E-state index in [9.17, 15) is 30.8 Å². The van der Waals surface area contributed by atoms with E-state index in [4.69, 9.17) is 5.14 Å². The predicted molar refractivity (Wildman–Crippen MR) is 65.5 cm³/mol. The lowest BCUT2D eigenvalue weighted by atomic mass is 10.1. The van der Waals surface area contributed by atoms with Crippen LogP contribution in [0.3, 0.4) is 0 Å². The van der Waals surface area contributed by atoms with Crippen LogP contribution >= 0.6 is 0 Å². The number of carbonyl (C=O) groups is 1. The molecule has 0 aliphatic carbocycles. The van der Waals surface area contributed by atoms with Crippen LogP contribution in [0.4, 0.5) is 17.6 Å². The van der Waals surface area contributed by atoms with E-state index < -0.39 is 44.9 Å². The first-order valence-corrected chi connectivity index (χ1v) is 7.02. The number of primary sulfonamides is 1. The van der Waals surface area contributed by atoms with Crippen molar-refractivity contribution in [1.29, 1.82) is 0 Å². The van der Waals surface area contributed by atoms with Crippen molar-refractivity contribution in [3.8, 4) is 0 Å². The fourth-order valence-electron chi connectivity index (χ4n) is 1.63. The Labute approximate surface area is 118 Å². The summed E-state index contributed by atoms with van der Waals surface area (Å²) in [5, 5.41) is 4.80. The summed E-state index contributed by atoms with van der Waals surface area (Å²) in [7, 11) is -3.55. The number of rotatable bonds is 3. The number of hydrogen-bond donors (Lipinski definition) is 1. The molecule has 0 saturated carbocycles. The fraction of sp³-hybridized carbons (Fsp3) is 0.364. The molecule has 5 nitrogen and oxygen atoms in total. The number of nitrogens with two attached hydrogens (primary N) is 1. The molecule has 0 unspecified atom stereocenters. The quantitative estimate of drug-likeness (QED) is 0.852. The molecular formula is C11H12F4N2O3S. The number of halogens is 4. The number of sulfonamides is 1. The Morgan fingerprint density at radius 3 is 2.29 bits per heavy atom. The second kappa shape index (κ2) is 5.60. The van der Waals surface area contributed by atoms with Crippen LogP contribution in [0.2, 0.25) is 0 Å². The van der Waals surface area contributed by atoms with Crippen LogP contribution in [0.15, 0.2) is 17.0 Å². The minimum absolute atomic E-state index is 0.217. The molecule has 0 saturated heterocycles. The molecule has 0 bridgehead atoms. The molecule has 0 aromatic heterocycles. The van der Waals surface area contributed by atoms with Gasteiger partial charge in [-0.3, -0.25) is 4.79 Å². The molecule has 1 amide bonds. The molecular weight excluding hydrogens is 316 g/mol. The van der Waals surface area contributed by atoms with Crippen LogP contribution in [-0.4, -0.2) is 39.0 Å². The number of hydrogen-bond acceptors (Lipinski definition) is 3. The maximum Gasteiger partial charge on any atom is 0.406 e. The Morgan fingerprint density at radius 1 is 1.33 bits per heavy atom. The Bertz CT molecular complexity index is 671. The summed E-state index contributed by atoms with van der Waals surface area (Å²) in [4.78, 5) is 11.2. The van der Waals surface area contributed by atoms with Crippen molar-refractivity contribution in [3.05, 3.63) is 29.1 Å². The second-order valence-electron chi connectivity index (χ2n) is 4.43. The molecule has 0 aliphatic heterocycles. The van der Waals surface area contributed by atoms with Gasteiger partial charge in [-0.1, -0.05) is 0 Å². The number of amides is 1. The summed E-state index contributed by atoms with van der Waals surface area (Å²) < 4.78 is 72.7. The minimum Gasteiger partial charge on any atom is -0.333 e. The lowest BCUT2D eigenvalue weighted by molar-refractivity contribution is -0.138. The third kappa shape index (κ3) is 4.39. The van der Waals surface area contributed by atoms with Gasteiger partial charge in [0.1, 0.15) is 17.3 Å². The highest BCUT2D eigenvalue weighted by Crippen LogP contribution is 2.22. The molecule has 0 heterocycles. The molecule has 10 heteroatoms. The van der Waals surface area contributed by atoms with Crippen molar-refractivity contribution in [1.82, 2.24) is 4.90 Å². The standard InChI is InChI=1S/C11H12F4N2O3S/c1-6-3-7(4-8(9(6)12)21(16,19)20)10(18)17(2)5-11(13,14)15/h3-4H,5H2,1-2H3,(H2,16,19,20). The van der Waals surface area contributed by atoms with Gasteiger partial charge in [-0.05, 0) is 24.6 Å². The number of nitrogens with zero attached hydrogens (tertiary/aromatic N) is 1.